The molecule has 0 aromatic heterocycles. The Morgan fingerprint density at radius 3 is 2.60 bits per heavy atom. The van der Waals surface area contributed by atoms with E-state index < -0.39 is 0 Å². The molecule has 1 atom stereocenters. The summed E-state index contributed by atoms with van der Waals surface area (Å²) in [7, 11) is 0. The van der Waals surface area contributed by atoms with Crippen LogP contribution in [0.25, 0.3) is 0 Å². The molecule has 0 aromatic carbocycles. The molecule has 1 aliphatic heterocycles. The van der Waals surface area contributed by atoms with Crippen LogP contribution >= 0.6 is 11.8 Å². The molecule has 0 aromatic rings. The fraction of sp³-hybridized carbons (Fsp3) is 1.00. The maximum absolute atomic E-state index is 3.81. The normalized spacial score (nSPS) is 32.6. The van der Waals surface area contributed by atoms with Gasteiger partial charge in [-0.15, -0.1) is 0 Å². The molecule has 1 saturated heterocycles. The molecule has 2 fully saturated rings. The highest BCUT2D eigenvalue weighted by Crippen LogP contribution is 2.48. The molecule has 1 N–H and O–H groups in total. The number of hydrogen-bond donors (Lipinski definition) is 1. The molecule has 2 rings (SSSR count). The standard InChI is InChI=1S/C13H25NS/c1-4-13(5-6-13)9-14-11-7-12(2,3)10-15-8-11/h11,14H,4-10H2,1-3H3. The van der Waals surface area contributed by atoms with Crippen LogP contribution < -0.4 is 5.32 Å². The zero-order valence-electron chi connectivity index (χ0n) is 10.4. The van der Waals surface area contributed by atoms with E-state index in [0.29, 0.717) is 10.8 Å². The lowest BCUT2D eigenvalue weighted by molar-refractivity contribution is 0.301. The third kappa shape index (κ3) is 3.13. The van der Waals surface area contributed by atoms with Crippen molar-refractivity contribution in [1.82, 2.24) is 5.32 Å². The topological polar surface area (TPSA) is 12.0 Å². The first kappa shape index (κ1) is 11.8. The van der Waals surface area contributed by atoms with Crippen molar-refractivity contribution in [1.29, 1.82) is 0 Å². The molecule has 15 heavy (non-hydrogen) atoms. The largest absolute Gasteiger partial charge is 0.313 e. The fourth-order valence-corrected chi connectivity index (χ4v) is 3.89. The molecular formula is C13H25NS. The van der Waals surface area contributed by atoms with Gasteiger partial charge in [0.2, 0.25) is 0 Å². The molecule has 1 unspecified atom stereocenters. The lowest BCUT2D eigenvalue weighted by Crippen LogP contribution is -2.42. The van der Waals surface area contributed by atoms with Gasteiger partial charge in [-0.05, 0) is 42.3 Å². The first-order chi connectivity index (χ1) is 7.05. The van der Waals surface area contributed by atoms with Crippen molar-refractivity contribution in [2.75, 3.05) is 18.1 Å². The Morgan fingerprint density at radius 2 is 2.07 bits per heavy atom. The minimum absolute atomic E-state index is 0.545. The van der Waals surface area contributed by atoms with Crippen LogP contribution in [-0.4, -0.2) is 24.1 Å². The first-order valence-corrected chi connectivity index (χ1v) is 7.52. The Labute approximate surface area is 98.8 Å². The predicted octanol–water partition coefficient (Wildman–Crippen LogP) is 3.30. The SMILES string of the molecule is CCC1(CNC2CSCC(C)(C)C2)CC1. The molecule has 1 nitrogen and oxygen atoms in total. The summed E-state index contributed by atoms with van der Waals surface area (Å²) in [5.74, 6) is 2.66. The Morgan fingerprint density at radius 1 is 1.33 bits per heavy atom. The number of thioether (sulfide) groups is 1. The van der Waals surface area contributed by atoms with E-state index in [-0.39, 0.29) is 0 Å². The molecule has 1 saturated carbocycles. The van der Waals surface area contributed by atoms with E-state index in [4.69, 9.17) is 0 Å². The highest BCUT2D eigenvalue weighted by Gasteiger charge is 2.41. The highest BCUT2D eigenvalue weighted by atomic mass is 32.2. The van der Waals surface area contributed by atoms with Crippen molar-refractivity contribution in [3.05, 3.63) is 0 Å². The Bertz CT molecular complexity index is 221. The molecule has 0 bridgehead atoms. The van der Waals surface area contributed by atoms with E-state index in [1.54, 1.807) is 0 Å². The van der Waals surface area contributed by atoms with Crippen molar-refractivity contribution in [3.63, 3.8) is 0 Å². The quantitative estimate of drug-likeness (QED) is 0.791. The van der Waals surface area contributed by atoms with E-state index in [2.05, 4.69) is 37.8 Å². The summed E-state index contributed by atoms with van der Waals surface area (Å²) in [4.78, 5) is 0. The molecule has 2 aliphatic rings. The third-order valence-corrected chi connectivity index (χ3v) is 5.71. The molecule has 0 amide bonds. The van der Waals surface area contributed by atoms with Crippen molar-refractivity contribution >= 4 is 11.8 Å². The van der Waals surface area contributed by atoms with E-state index in [9.17, 15) is 0 Å². The number of nitrogens with one attached hydrogen (secondary N) is 1. The van der Waals surface area contributed by atoms with Crippen LogP contribution in [0.4, 0.5) is 0 Å². The van der Waals surface area contributed by atoms with Crippen molar-refractivity contribution in [2.24, 2.45) is 10.8 Å². The summed E-state index contributed by atoms with van der Waals surface area (Å²) in [5, 5.41) is 3.81. The van der Waals surface area contributed by atoms with Gasteiger partial charge in [-0.2, -0.15) is 11.8 Å². The smallest absolute Gasteiger partial charge is 0.0163 e. The van der Waals surface area contributed by atoms with Crippen LogP contribution in [-0.2, 0) is 0 Å². The van der Waals surface area contributed by atoms with E-state index in [0.717, 1.165) is 6.04 Å². The molecule has 0 spiro atoms. The summed E-state index contributed by atoms with van der Waals surface area (Å²) < 4.78 is 0. The van der Waals surface area contributed by atoms with Gasteiger partial charge in [-0.25, -0.2) is 0 Å². The Balaban J connectivity index is 1.75. The van der Waals surface area contributed by atoms with Gasteiger partial charge in [-0.3, -0.25) is 0 Å². The summed E-state index contributed by atoms with van der Waals surface area (Å²) in [6.45, 7) is 8.42. The second-order valence-corrected chi connectivity index (χ2v) is 7.35. The minimum Gasteiger partial charge on any atom is -0.313 e. The molecular weight excluding hydrogens is 202 g/mol. The van der Waals surface area contributed by atoms with Crippen LogP contribution in [0.15, 0.2) is 0 Å². The van der Waals surface area contributed by atoms with Crippen molar-refractivity contribution in [2.45, 2.75) is 52.5 Å². The summed E-state index contributed by atoms with van der Waals surface area (Å²) in [6.07, 6.45) is 5.64. The van der Waals surface area contributed by atoms with Gasteiger partial charge in [0.25, 0.3) is 0 Å². The van der Waals surface area contributed by atoms with Crippen LogP contribution in [0.3, 0.4) is 0 Å². The summed E-state index contributed by atoms with van der Waals surface area (Å²) >= 11 is 2.13. The van der Waals surface area contributed by atoms with E-state index >= 15 is 0 Å². The summed E-state index contributed by atoms with van der Waals surface area (Å²) in [6, 6.07) is 0.766. The van der Waals surface area contributed by atoms with Gasteiger partial charge in [0.15, 0.2) is 0 Å². The van der Waals surface area contributed by atoms with Gasteiger partial charge in [-0.1, -0.05) is 20.8 Å². The maximum Gasteiger partial charge on any atom is 0.0163 e. The molecule has 1 heterocycles. The zero-order chi connectivity index (χ0) is 10.9. The van der Waals surface area contributed by atoms with Crippen LogP contribution in [0, 0.1) is 10.8 Å². The van der Waals surface area contributed by atoms with Gasteiger partial charge >= 0.3 is 0 Å². The highest BCUT2D eigenvalue weighted by molar-refractivity contribution is 7.99. The third-order valence-electron chi connectivity index (χ3n) is 4.08. The van der Waals surface area contributed by atoms with Crippen molar-refractivity contribution in [3.8, 4) is 0 Å². The van der Waals surface area contributed by atoms with Gasteiger partial charge < -0.3 is 5.32 Å². The zero-order valence-corrected chi connectivity index (χ0v) is 11.3. The summed E-state index contributed by atoms with van der Waals surface area (Å²) in [5.41, 5.74) is 1.25. The van der Waals surface area contributed by atoms with Crippen LogP contribution in [0.2, 0.25) is 0 Å². The number of hydrogen-bond acceptors (Lipinski definition) is 2. The Kier molecular flexibility index (Phi) is 3.37. The Hall–Kier alpha value is 0.310. The minimum atomic E-state index is 0.545. The maximum atomic E-state index is 3.81. The second-order valence-electron chi connectivity index (χ2n) is 6.31. The lowest BCUT2D eigenvalue weighted by Gasteiger charge is -2.36. The van der Waals surface area contributed by atoms with E-state index in [1.807, 2.05) is 0 Å². The molecule has 2 heteroatoms. The lowest BCUT2D eigenvalue weighted by atomic mass is 9.87. The van der Waals surface area contributed by atoms with E-state index in [1.165, 1.54) is 43.7 Å². The van der Waals surface area contributed by atoms with Crippen LogP contribution in [0.5, 0.6) is 0 Å². The first-order valence-electron chi connectivity index (χ1n) is 6.36. The second kappa shape index (κ2) is 4.29. The average Bonchev–Trinajstić information content (AvgIpc) is 2.94. The monoisotopic (exact) mass is 227 g/mol. The van der Waals surface area contributed by atoms with Gasteiger partial charge in [0.1, 0.15) is 0 Å². The number of rotatable bonds is 4. The average molecular weight is 227 g/mol. The molecule has 0 radical (unpaired) electrons. The van der Waals surface area contributed by atoms with Crippen molar-refractivity contribution < 1.29 is 0 Å². The fourth-order valence-electron chi connectivity index (χ4n) is 2.59. The van der Waals surface area contributed by atoms with Crippen LogP contribution in [0.1, 0.15) is 46.5 Å². The van der Waals surface area contributed by atoms with Gasteiger partial charge in [0.05, 0.1) is 0 Å². The molecule has 88 valence electrons. The predicted molar refractivity (Wildman–Crippen MR) is 69.5 cm³/mol. The van der Waals surface area contributed by atoms with Gasteiger partial charge in [0, 0.05) is 18.3 Å². The molecule has 1 aliphatic carbocycles.